The molecule has 2 aromatic rings. The van der Waals surface area contributed by atoms with Gasteiger partial charge in [-0.25, -0.2) is 4.68 Å². The van der Waals surface area contributed by atoms with Crippen molar-refractivity contribution < 1.29 is 4.74 Å². The molecule has 0 spiro atoms. The third kappa shape index (κ3) is 3.54. The van der Waals surface area contributed by atoms with E-state index in [2.05, 4.69) is 46.8 Å². The predicted molar refractivity (Wildman–Crippen MR) is 85.4 cm³/mol. The molecule has 0 saturated carbocycles. The van der Waals surface area contributed by atoms with Gasteiger partial charge in [0.1, 0.15) is 0 Å². The van der Waals surface area contributed by atoms with Crippen LogP contribution in [0.25, 0.3) is 0 Å². The Morgan fingerprint density at radius 2 is 2.05 bits per heavy atom. The maximum atomic E-state index is 5.76. The molecule has 1 aliphatic heterocycles. The molecule has 0 aliphatic carbocycles. The molecule has 0 amide bonds. The van der Waals surface area contributed by atoms with Gasteiger partial charge in [0.25, 0.3) is 0 Å². The second-order valence-electron chi connectivity index (χ2n) is 5.99. The fourth-order valence-corrected chi connectivity index (χ4v) is 2.80. The first-order chi connectivity index (χ1) is 10.8. The molecular formula is C17H24N4O. The van der Waals surface area contributed by atoms with Crippen LogP contribution < -0.4 is 5.32 Å². The summed E-state index contributed by atoms with van der Waals surface area (Å²) in [6, 6.07) is 8.81. The third-order valence-electron chi connectivity index (χ3n) is 4.25. The number of aromatic nitrogens is 3. The molecule has 2 heterocycles. The third-order valence-corrected chi connectivity index (χ3v) is 4.25. The predicted octanol–water partition coefficient (Wildman–Crippen LogP) is 2.09. The van der Waals surface area contributed by atoms with Crippen LogP contribution in [-0.2, 0) is 30.9 Å². The fraction of sp³-hybridized carbons (Fsp3) is 0.529. The summed E-state index contributed by atoms with van der Waals surface area (Å²) in [5.41, 5.74) is 4.79. The Balaban J connectivity index is 1.51. The van der Waals surface area contributed by atoms with E-state index in [1.54, 1.807) is 0 Å². The van der Waals surface area contributed by atoms with Crippen LogP contribution >= 0.6 is 0 Å². The van der Waals surface area contributed by atoms with Crippen LogP contribution in [0.15, 0.2) is 24.3 Å². The average molecular weight is 300 g/mol. The Morgan fingerprint density at radius 3 is 2.82 bits per heavy atom. The summed E-state index contributed by atoms with van der Waals surface area (Å²) in [6.07, 6.45) is 1.09. The molecule has 22 heavy (non-hydrogen) atoms. The lowest BCUT2D eigenvalue weighted by Crippen LogP contribution is -2.28. The molecule has 0 unspecified atom stereocenters. The summed E-state index contributed by atoms with van der Waals surface area (Å²) in [5, 5.41) is 11.9. The van der Waals surface area contributed by atoms with Gasteiger partial charge in [-0.3, -0.25) is 0 Å². The normalized spacial score (nSPS) is 18.0. The van der Waals surface area contributed by atoms with Gasteiger partial charge in [0.05, 0.1) is 24.6 Å². The molecule has 118 valence electrons. The molecule has 1 aromatic carbocycles. The highest BCUT2D eigenvalue weighted by Gasteiger charge is 2.19. The fourth-order valence-electron chi connectivity index (χ4n) is 2.80. The monoisotopic (exact) mass is 300 g/mol. The van der Waals surface area contributed by atoms with Crippen molar-refractivity contribution in [1.29, 1.82) is 0 Å². The first kappa shape index (κ1) is 15.2. The van der Waals surface area contributed by atoms with Gasteiger partial charge in [-0.2, -0.15) is 0 Å². The van der Waals surface area contributed by atoms with Gasteiger partial charge in [-0.15, -0.1) is 5.10 Å². The van der Waals surface area contributed by atoms with Crippen molar-refractivity contribution in [3.8, 4) is 0 Å². The molecule has 0 fully saturated rings. The Morgan fingerprint density at radius 1 is 1.27 bits per heavy atom. The van der Waals surface area contributed by atoms with Crippen LogP contribution in [0.2, 0.25) is 0 Å². The standard InChI is InChI=1S/C17H24N4O/c1-3-14-4-6-15(7-5-14)8-18-9-16-10-21-17(12-22-11-16)13(2)19-20-21/h4-7,16,18H,3,8-12H2,1-2H3/t16-/m1/s1. The smallest absolute Gasteiger partial charge is 0.0904 e. The maximum absolute atomic E-state index is 5.76. The van der Waals surface area contributed by atoms with Gasteiger partial charge in [0.2, 0.25) is 0 Å². The highest BCUT2D eigenvalue weighted by molar-refractivity contribution is 5.22. The Hall–Kier alpha value is -1.72. The van der Waals surface area contributed by atoms with Crippen molar-refractivity contribution in [1.82, 2.24) is 20.3 Å². The molecular weight excluding hydrogens is 276 g/mol. The zero-order chi connectivity index (χ0) is 15.4. The summed E-state index contributed by atoms with van der Waals surface area (Å²) in [5.74, 6) is 0.428. The minimum atomic E-state index is 0.428. The number of hydrogen-bond acceptors (Lipinski definition) is 4. The van der Waals surface area contributed by atoms with Crippen molar-refractivity contribution in [3.05, 3.63) is 46.8 Å². The van der Waals surface area contributed by atoms with Gasteiger partial charge >= 0.3 is 0 Å². The number of fused-ring (bicyclic) bond motifs is 1. The molecule has 0 radical (unpaired) electrons. The molecule has 5 nitrogen and oxygen atoms in total. The molecule has 1 aromatic heterocycles. The maximum Gasteiger partial charge on any atom is 0.0904 e. The van der Waals surface area contributed by atoms with Gasteiger partial charge in [-0.05, 0) is 24.5 Å². The Bertz CT molecular complexity index is 606. The zero-order valence-corrected chi connectivity index (χ0v) is 13.4. The Labute approximate surface area is 131 Å². The van der Waals surface area contributed by atoms with Crippen molar-refractivity contribution in [2.24, 2.45) is 5.92 Å². The van der Waals surface area contributed by atoms with Crippen LogP contribution in [0, 0.1) is 12.8 Å². The molecule has 0 bridgehead atoms. The van der Waals surface area contributed by atoms with E-state index in [1.165, 1.54) is 11.1 Å². The summed E-state index contributed by atoms with van der Waals surface area (Å²) >= 11 is 0. The largest absolute Gasteiger partial charge is 0.375 e. The molecule has 5 heteroatoms. The number of rotatable bonds is 5. The van der Waals surface area contributed by atoms with Crippen LogP contribution in [-0.4, -0.2) is 28.1 Å². The lowest BCUT2D eigenvalue weighted by atomic mass is 10.1. The highest BCUT2D eigenvalue weighted by Crippen LogP contribution is 2.14. The summed E-state index contributed by atoms with van der Waals surface area (Å²) in [7, 11) is 0. The lowest BCUT2D eigenvalue weighted by Gasteiger charge is -2.15. The summed E-state index contributed by atoms with van der Waals surface area (Å²) in [4.78, 5) is 0. The number of hydrogen-bond donors (Lipinski definition) is 1. The Kier molecular flexibility index (Phi) is 4.85. The van der Waals surface area contributed by atoms with Crippen LogP contribution in [0.3, 0.4) is 0 Å². The average Bonchev–Trinajstić information content (AvgIpc) is 2.76. The van der Waals surface area contributed by atoms with Crippen molar-refractivity contribution in [2.75, 3.05) is 13.2 Å². The molecule has 3 rings (SSSR count). The van der Waals surface area contributed by atoms with Gasteiger partial charge < -0.3 is 10.1 Å². The van der Waals surface area contributed by atoms with Crippen molar-refractivity contribution in [3.63, 3.8) is 0 Å². The molecule has 1 N–H and O–H groups in total. The minimum absolute atomic E-state index is 0.428. The van der Waals surface area contributed by atoms with E-state index in [4.69, 9.17) is 4.74 Å². The minimum Gasteiger partial charge on any atom is -0.375 e. The summed E-state index contributed by atoms with van der Waals surface area (Å²) in [6.45, 7) is 8.24. The molecule has 1 atom stereocenters. The van der Waals surface area contributed by atoms with Gasteiger partial charge in [0, 0.05) is 25.6 Å². The number of ether oxygens (including phenoxy) is 1. The van der Waals surface area contributed by atoms with E-state index in [-0.39, 0.29) is 0 Å². The molecule has 1 aliphatic rings. The zero-order valence-electron chi connectivity index (χ0n) is 13.4. The van der Waals surface area contributed by atoms with E-state index in [1.807, 2.05) is 11.6 Å². The van der Waals surface area contributed by atoms with E-state index in [0.717, 1.165) is 44.0 Å². The van der Waals surface area contributed by atoms with Crippen molar-refractivity contribution >= 4 is 0 Å². The topological polar surface area (TPSA) is 52.0 Å². The van der Waals surface area contributed by atoms with Crippen LogP contribution in [0.5, 0.6) is 0 Å². The first-order valence-electron chi connectivity index (χ1n) is 8.01. The highest BCUT2D eigenvalue weighted by atomic mass is 16.5. The quantitative estimate of drug-likeness (QED) is 0.918. The number of nitrogens with one attached hydrogen (secondary N) is 1. The van der Waals surface area contributed by atoms with Gasteiger partial charge in [-0.1, -0.05) is 36.4 Å². The van der Waals surface area contributed by atoms with E-state index in [0.29, 0.717) is 12.5 Å². The van der Waals surface area contributed by atoms with E-state index >= 15 is 0 Å². The van der Waals surface area contributed by atoms with Gasteiger partial charge in [0.15, 0.2) is 0 Å². The van der Waals surface area contributed by atoms with Crippen LogP contribution in [0.4, 0.5) is 0 Å². The SMILES string of the molecule is CCc1ccc(CNC[C@H]2COCc3c(C)nnn3C2)cc1. The number of nitrogens with zero attached hydrogens (tertiary/aromatic N) is 3. The van der Waals surface area contributed by atoms with Crippen molar-refractivity contribution in [2.45, 2.75) is 40.0 Å². The molecule has 0 saturated heterocycles. The first-order valence-corrected chi connectivity index (χ1v) is 8.01. The van der Waals surface area contributed by atoms with E-state index < -0.39 is 0 Å². The summed E-state index contributed by atoms with van der Waals surface area (Å²) < 4.78 is 7.76. The van der Waals surface area contributed by atoms with E-state index in [9.17, 15) is 0 Å². The lowest BCUT2D eigenvalue weighted by molar-refractivity contribution is 0.0936. The number of benzene rings is 1. The number of aryl methyl sites for hydroxylation is 2. The second kappa shape index (κ2) is 7.03. The second-order valence-corrected chi connectivity index (χ2v) is 5.99. The van der Waals surface area contributed by atoms with Crippen LogP contribution in [0.1, 0.15) is 29.4 Å².